The highest BCUT2D eigenvalue weighted by molar-refractivity contribution is 5.98. The third-order valence-corrected chi connectivity index (χ3v) is 5.83. The van der Waals surface area contributed by atoms with Crippen LogP contribution in [0.2, 0.25) is 0 Å². The highest BCUT2D eigenvalue weighted by Crippen LogP contribution is 2.44. The number of anilines is 1. The van der Waals surface area contributed by atoms with Crippen LogP contribution < -0.4 is 10.6 Å². The number of rotatable bonds is 6. The minimum absolute atomic E-state index is 0.272. The lowest BCUT2D eigenvalue weighted by Gasteiger charge is -2.36. The summed E-state index contributed by atoms with van der Waals surface area (Å²) in [6, 6.07) is 5.37. The maximum Gasteiger partial charge on any atom is 0.338 e. The van der Waals surface area contributed by atoms with Gasteiger partial charge in [-0.1, -0.05) is 0 Å². The van der Waals surface area contributed by atoms with Gasteiger partial charge < -0.3 is 39.1 Å². The van der Waals surface area contributed by atoms with Gasteiger partial charge >= 0.3 is 5.97 Å². The Balaban J connectivity index is 1.39. The summed E-state index contributed by atoms with van der Waals surface area (Å²) < 4.78 is 34.6. The molecule has 3 saturated heterocycles. The fourth-order valence-electron chi connectivity index (χ4n) is 4.34. The highest BCUT2D eigenvalue weighted by Gasteiger charge is 2.62. The molecule has 11 nitrogen and oxygen atoms in total. The topological polar surface area (TPSA) is 131 Å². The molecule has 3 aliphatic rings. The van der Waals surface area contributed by atoms with E-state index in [1.165, 1.54) is 0 Å². The molecular formula is C24H32N2O9. The van der Waals surface area contributed by atoms with Crippen LogP contribution in [0.5, 0.6) is 0 Å². The van der Waals surface area contributed by atoms with E-state index in [0.717, 1.165) is 0 Å². The van der Waals surface area contributed by atoms with Gasteiger partial charge in [-0.2, -0.15) is 0 Å². The first-order valence-electron chi connectivity index (χ1n) is 11.6. The molecule has 0 aliphatic carbocycles. The van der Waals surface area contributed by atoms with Crippen molar-refractivity contribution in [1.29, 1.82) is 0 Å². The number of benzene rings is 1. The standard InChI is InChI=1S/C24H32N2O9/c1-7-30-21(29)13-8-10-14(11-9-13)26-19(27)12(2)25-20(28)17-15-16(33-23(3,4)32-15)18-22(31-17)35-24(5,6)34-18/h8-12,15-18,22H,7H2,1-6H3,(H,25,28)(H,26,27)/t12-,15-,16+,17-,18-,22-/m1/s1. The quantitative estimate of drug-likeness (QED) is 0.570. The van der Waals surface area contributed by atoms with Crippen LogP contribution in [0.1, 0.15) is 51.9 Å². The number of fused-ring (bicyclic) bond motifs is 3. The van der Waals surface area contributed by atoms with Crippen molar-refractivity contribution in [2.75, 3.05) is 11.9 Å². The van der Waals surface area contributed by atoms with Crippen molar-refractivity contribution in [2.45, 2.75) is 89.9 Å². The van der Waals surface area contributed by atoms with Gasteiger partial charge in [0.2, 0.25) is 5.91 Å². The van der Waals surface area contributed by atoms with E-state index in [1.807, 2.05) is 0 Å². The molecule has 0 saturated carbocycles. The second-order valence-corrected chi connectivity index (χ2v) is 9.61. The van der Waals surface area contributed by atoms with Crippen LogP contribution in [-0.2, 0) is 38.0 Å². The molecule has 11 heteroatoms. The minimum Gasteiger partial charge on any atom is -0.462 e. The molecule has 0 spiro atoms. The number of carbonyl (C=O) groups is 3. The summed E-state index contributed by atoms with van der Waals surface area (Å²) in [6.45, 7) is 10.6. The first kappa shape index (κ1) is 25.5. The zero-order valence-electron chi connectivity index (χ0n) is 20.7. The number of amides is 2. The normalized spacial score (nSPS) is 31.1. The second-order valence-electron chi connectivity index (χ2n) is 9.61. The first-order chi connectivity index (χ1) is 16.4. The Kier molecular flexibility index (Phi) is 6.91. The van der Waals surface area contributed by atoms with Gasteiger partial charge in [0.25, 0.3) is 5.91 Å². The number of ether oxygens (including phenoxy) is 6. The molecule has 4 rings (SSSR count). The van der Waals surface area contributed by atoms with Crippen LogP contribution in [0.4, 0.5) is 5.69 Å². The molecule has 0 radical (unpaired) electrons. The molecule has 0 aromatic heterocycles. The van der Waals surface area contributed by atoms with Crippen molar-refractivity contribution in [2.24, 2.45) is 0 Å². The predicted molar refractivity (Wildman–Crippen MR) is 121 cm³/mol. The first-order valence-corrected chi connectivity index (χ1v) is 11.6. The van der Waals surface area contributed by atoms with Gasteiger partial charge in [-0.15, -0.1) is 0 Å². The van der Waals surface area contributed by atoms with E-state index < -0.39 is 66.1 Å². The predicted octanol–water partition coefficient (Wildman–Crippen LogP) is 1.70. The molecule has 192 valence electrons. The number of hydrogen-bond donors (Lipinski definition) is 2. The minimum atomic E-state index is -1.07. The summed E-state index contributed by atoms with van der Waals surface area (Å²) in [5, 5.41) is 5.38. The number of carbonyl (C=O) groups excluding carboxylic acids is 3. The largest absolute Gasteiger partial charge is 0.462 e. The molecular weight excluding hydrogens is 460 g/mol. The maximum absolute atomic E-state index is 13.2. The van der Waals surface area contributed by atoms with Gasteiger partial charge in [-0.25, -0.2) is 4.79 Å². The van der Waals surface area contributed by atoms with E-state index in [0.29, 0.717) is 11.3 Å². The van der Waals surface area contributed by atoms with Crippen molar-refractivity contribution < 1.29 is 42.8 Å². The molecule has 0 bridgehead atoms. The fourth-order valence-corrected chi connectivity index (χ4v) is 4.34. The van der Waals surface area contributed by atoms with E-state index in [1.54, 1.807) is 65.8 Å². The van der Waals surface area contributed by atoms with Crippen molar-refractivity contribution in [3.8, 4) is 0 Å². The average molecular weight is 493 g/mol. The molecule has 6 atom stereocenters. The molecule has 35 heavy (non-hydrogen) atoms. The van der Waals surface area contributed by atoms with Crippen LogP contribution in [-0.4, -0.2) is 72.7 Å². The number of nitrogens with one attached hydrogen (secondary N) is 2. The monoisotopic (exact) mass is 492 g/mol. The lowest BCUT2D eigenvalue weighted by atomic mass is 9.98. The summed E-state index contributed by atoms with van der Waals surface area (Å²) >= 11 is 0. The Hall–Kier alpha value is -2.57. The van der Waals surface area contributed by atoms with Crippen LogP contribution >= 0.6 is 0 Å². The van der Waals surface area contributed by atoms with E-state index >= 15 is 0 Å². The maximum atomic E-state index is 13.2. The van der Waals surface area contributed by atoms with Crippen LogP contribution in [0.3, 0.4) is 0 Å². The smallest absolute Gasteiger partial charge is 0.338 e. The molecule has 2 N–H and O–H groups in total. The summed E-state index contributed by atoms with van der Waals surface area (Å²) in [5.74, 6) is -3.27. The highest BCUT2D eigenvalue weighted by atomic mass is 16.9. The van der Waals surface area contributed by atoms with Crippen LogP contribution in [0.25, 0.3) is 0 Å². The van der Waals surface area contributed by atoms with Crippen LogP contribution in [0.15, 0.2) is 24.3 Å². The number of esters is 1. The fraction of sp³-hybridized carbons (Fsp3) is 0.625. The van der Waals surface area contributed by atoms with Crippen molar-refractivity contribution in [3.63, 3.8) is 0 Å². The van der Waals surface area contributed by atoms with E-state index in [9.17, 15) is 14.4 Å². The van der Waals surface area contributed by atoms with Crippen molar-refractivity contribution in [3.05, 3.63) is 29.8 Å². The van der Waals surface area contributed by atoms with Gasteiger partial charge in [-0.05, 0) is 65.8 Å². The van der Waals surface area contributed by atoms with E-state index in [2.05, 4.69) is 10.6 Å². The van der Waals surface area contributed by atoms with Gasteiger partial charge in [0.1, 0.15) is 24.4 Å². The molecule has 3 aliphatic heterocycles. The van der Waals surface area contributed by atoms with Crippen LogP contribution in [0, 0.1) is 0 Å². The van der Waals surface area contributed by atoms with Gasteiger partial charge in [0.15, 0.2) is 24.0 Å². The Bertz CT molecular complexity index is 978. The molecule has 0 unspecified atom stereocenters. The Morgan fingerprint density at radius 1 is 0.943 bits per heavy atom. The van der Waals surface area contributed by atoms with Gasteiger partial charge in [0.05, 0.1) is 12.2 Å². The summed E-state index contributed by atoms with van der Waals surface area (Å²) in [6.07, 6.45) is -3.77. The Labute approximate surface area is 203 Å². The third kappa shape index (κ3) is 5.49. The van der Waals surface area contributed by atoms with Gasteiger partial charge in [0, 0.05) is 5.69 Å². The molecule has 1 aromatic carbocycles. The molecule has 3 heterocycles. The van der Waals surface area contributed by atoms with Crippen molar-refractivity contribution in [1.82, 2.24) is 5.32 Å². The average Bonchev–Trinajstić information content (AvgIpc) is 3.27. The summed E-state index contributed by atoms with van der Waals surface area (Å²) in [7, 11) is 0. The summed E-state index contributed by atoms with van der Waals surface area (Å²) in [5.41, 5.74) is 0.838. The van der Waals surface area contributed by atoms with E-state index in [-0.39, 0.29) is 6.61 Å². The van der Waals surface area contributed by atoms with E-state index in [4.69, 9.17) is 28.4 Å². The lowest BCUT2D eigenvalue weighted by molar-refractivity contribution is -0.231. The SMILES string of the molecule is CCOC(=O)c1ccc(NC(=O)[C@@H](C)NC(=O)[C@@H]2O[C@@H]3OC(C)(C)O[C@@H]3[C@H]3OC(C)(C)O[C@H]32)cc1. The molecule has 1 aromatic rings. The van der Waals surface area contributed by atoms with Crippen molar-refractivity contribution >= 4 is 23.5 Å². The van der Waals surface area contributed by atoms with Gasteiger partial charge in [-0.3, -0.25) is 9.59 Å². The molecule has 3 fully saturated rings. The Morgan fingerprint density at radius 3 is 2.20 bits per heavy atom. The zero-order chi connectivity index (χ0) is 25.5. The summed E-state index contributed by atoms with van der Waals surface area (Å²) in [4.78, 5) is 37.6. The molecule has 2 amide bonds. The zero-order valence-corrected chi connectivity index (χ0v) is 20.7. The second kappa shape index (κ2) is 9.47. The Morgan fingerprint density at radius 2 is 1.54 bits per heavy atom. The number of hydrogen-bond acceptors (Lipinski definition) is 9. The third-order valence-electron chi connectivity index (χ3n) is 5.83. The lowest BCUT2D eigenvalue weighted by Crippen LogP contribution is -2.60.